The van der Waals surface area contributed by atoms with Gasteiger partial charge in [-0.3, -0.25) is 4.79 Å². The van der Waals surface area contributed by atoms with Crippen molar-refractivity contribution < 1.29 is 24.6 Å². The molecule has 2 unspecified atom stereocenters. The fourth-order valence-electron chi connectivity index (χ4n) is 1.49. The van der Waals surface area contributed by atoms with Crippen LogP contribution in [-0.4, -0.2) is 64.8 Å². The van der Waals surface area contributed by atoms with Gasteiger partial charge in [0.15, 0.2) is 5.60 Å². The number of carboxylic acid groups (broad SMARTS) is 1. The standard InChI is InChI=1S/C10H17N3O5/c1-10(18,8(15)16)5-11-9(17)12-6-3-4-13(2)7(6)14/h6,18H,3-5H2,1-2H3,(H,15,16)(H2,11,12,17). The van der Waals surface area contributed by atoms with Crippen LogP contribution in [0.2, 0.25) is 0 Å². The SMILES string of the molecule is CN1CCC(NC(=O)NCC(C)(O)C(=O)O)C1=O. The largest absolute Gasteiger partial charge is 0.479 e. The van der Waals surface area contributed by atoms with Crippen molar-refractivity contribution in [3.05, 3.63) is 0 Å². The van der Waals surface area contributed by atoms with Gasteiger partial charge in [0.1, 0.15) is 6.04 Å². The monoisotopic (exact) mass is 259 g/mol. The maximum Gasteiger partial charge on any atom is 0.337 e. The van der Waals surface area contributed by atoms with Crippen LogP contribution in [0.4, 0.5) is 4.79 Å². The molecular weight excluding hydrogens is 242 g/mol. The molecule has 2 atom stereocenters. The molecule has 8 nitrogen and oxygen atoms in total. The Balaban J connectivity index is 2.39. The minimum atomic E-state index is -2.03. The second-order valence-corrected chi connectivity index (χ2v) is 4.51. The van der Waals surface area contributed by atoms with Crippen LogP contribution >= 0.6 is 0 Å². The van der Waals surface area contributed by atoms with E-state index in [9.17, 15) is 19.5 Å². The van der Waals surface area contributed by atoms with Gasteiger partial charge in [-0.1, -0.05) is 0 Å². The first-order chi connectivity index (χ1) is 8.24. The van der Waals surface area contributed by atoms with Crippen molar-refractivity contribution in [2.24, 2.45) is 0 Å². The first-order valence-electron chi connectivity index (χ1n) is 5.49. The molecule has 1 heterocycles. The molecule has 3 amide bonds. The van der Waals surface area contributed by atoms with Gasteiger partial charge in [0.05, 0.1) is 6.54 Å². The van der Waals surface area contributed by atoms with Crippen molar-refractivity contribution in [1.82, 2.24) is 15.5 Å². The Morgan fingerprint density at radius 3 is 2.61 bits per heavy atom. The molecule has 0 radical (unpaired) electrons. The van der Waals surface area contributed by atoms with Gasteiger partial charge in [-0.25, -0.2) is 9.59 Å². The number of amides is 3. The zero-order valence-electron chi connectivity index (χ0n) is 10.3. The maximum atomic E-state index is 11.5. The lowest BCUT2D eigenvalue weighted by Crippen LogP contribution is -2.51. The Bertz CT molecular complexity index is 369. The van der Waals surface area contributed by atoms with E-state index in [0.29, 0.717) is 13.0 Å². The fraction of sp³-hybridized carbons (Fsp3) is 0.700. The van der Waals surface area contributed by atoms with E-state index < -0.39 is 30.2 Å². The third-order valence-electron chi connectivity index (χ3n) is 2.79. The number of likely N-dealkylation sites (tertiary alicyclic amines) is 1. The number of aliphatic carboxylic acids is 1. The van der Waals surface area contributed by atoms with Gasteiger partial charge in [0.25, 0.3) is 0 Å². The molecule has 0 spiro atoms. The highest BCUT2D eigenvalue weighted by Gasteiger charge is 2.32. The summed E-state index contributed by atoms with van der Waals surface area (Å²) in [5, 5.41) is 22.7. The number of carbonyl (C=O) groups is 3. The third kappa shape index (κ3) is 3.33. The van der Waals surface area contributed by atoms with E-state index in [4.69, 9.17) is 5.11 Å². The summed E-state index contributed by atoms with van der Waals surface area (Å²) < 4.78 is 0. The average Bonchev–Trinajstić information content (AvgIpc) is 2.58. The predicted octanol–water partition coefficient (Wildman–Crippen LogP) is -1.65. The minimum Gasteiger partial charge on any atom is -0.479 e. The molecule has 0 aromatic carbocycles. The quantitative estimate of drug-likeness (QED) is 0.482. The normalized spacial score (nSPS) is 22.5. The van der Waals surface area contributed by atoms with Gasteiger partial charge in [-0.2, -0.15) is 0 Å². The van der Waals surface area contributed by atoms with Gasteiger partial charge >= 0.3 is 12.0 Å². The van der Waals surface area contributed by atoms with Crippen molar-refractivity contribution >= 4 is 17.9 Å². The summed E-state index contributed by atoms with van der Waals surface area (Å²) in [6, 6.07) is -1.27. The molecule has 0 aromatic rings. The summed E-state index contributed by atoms with van der Waals surface area (Å²) in [4.78, 5) is 35.0. The molecule has 1 rings (SSSR count). The molecule has 1 aliphatic heterocycles. The van der Waals surface area contributed by atoms with Crippen LogP contribution in [0.3, 0.4) is 0 Å². The van der Waals surface area contributed by atoms with Gasteiger partial charge in [0, 0.05) is 13.6 Å². The summed E-state index contributed by atoms with van der Waals surface area (Å²) in [5.74, 6) is -1.62. The lowest BCUT2D eigenvalue weighted by Gasteiger charge is -2.19. The number of carbonyl (C=O) groups excluding carboxylic acids is 2. The highest BCUT2D eigenvalue weighted by molar-refractivity contribution is 5.88. The summed E-state index contributed by atoms with van der Waals surface area (Å²) >= 11 is 0. The van der Waals surface area contributed by atoms with Crippen LogP contribution in [0.5, 0.6) is 0 Å². The van der Waals surface area contributed by atoms with Crippen molar-refractivity contribution in [3.63, 3.8) is 0 Å². The number of hydrogen-bond donors (Lipinski definition) is 4. The fourth-order valence-corrected chi connectivity index (χ4v) is 1.49. The second kappa shape index (κ2) is 5.21. The predicted molar refractivity (Wildman–Crippen MR) is 60.8 cm³/mol. The van der Waals surface area contributed by atoms with Gasteiger partial charge in [-0.05, 0) is 13.3 Å². The molecule has 102 valence electrons. The lowest BCUT2D eigenvalue weighted by molar-refractivity contribution is -0.155. The molecule has 0 bridgehead atoms. The van der Waals surface area contributed by atoms with Crippen LogP contribution in [0.15, 0.2) is 0 Å². The Hall–Kier alpha value is -1.83. The molecule has 0 saturated carbocycles. The van der Waals surface area contributed by atoms with Crippen LogP contribution in [0.1, 0.15) is 13.3 Å². The van der Waals surface area contributed by atoms with E-state index in [1.54, 1.807) is 7.05 Å². The van der Waals surface area contributed by atoms with Crippen molar-refractivity contribution in [2.45, 2.75) is 25.0 Å². The highest BCUT2D eigenvalue weighted by Crippen LogP contribution is 2.08. The first-order valence-corrected chi connectivity index (χ1v) is 5.49. The maximum absolute atomic E-state index is 11.5. The number of aliphatic hydroxyl groups is 1. The van der Waals surface area contributed by atoms with Crippen LogP contribution in [0.25, 0.3) is 0 Å². The number of nitrogens with zero attached hydrogens (tertiary/aromatic N) is 1. The molecule has 1 fully saturated rings. The Labute approximate surface area is 104 Å². The topological polar surface area (TPSA) is 119 Å². The van der Waals surface area contributed by atoms with E-state index in [0.717, 1.165) is 6.92 Å². The first kappa shape index (κ1) is 14.2. The number of likely N-dealkylation sites (N-methyl/N-ethyl adjacent to an activating group) is 1. The summed E-state index contributed by atoms with van der Waals surface area (Å²) in [5.41, 5.74) is -2.03. The Kier molecular flexibility index (Phi) is 4.12. The van der Waals surface area contributed by atoms with Crippen LogP contribution in [0, 0.1) is 0 Å². The van der Waals surface area contributed by atoms with Crippen molar-refractivity contribution in [3.8, 4) is 0 Å². The summed E-state index contributed by atoms with van der Waals surface area (Å²) in [6.45, 7) is 1.20. The molecule has 8 heteroatoms. The Morgan fingerprint density at radius 2 is 2.17 bits per heavy atom. The molecule has 18 heavy (non-hydrogen) atoms. The van der Waals surface area contributed by atoms with Gasteiger partial charge in [0.2, 0.25) is 5.91 Å². The van der Waals surface area contributed by atoms with E-state index in [-0.39, 0.29) is 5.91 Å². The summed E-state index contributed by atoms with van der Waals surface area (Å²) in [6.07, 6.45) is 0.512. The number of urea groups is 1. The van der Waals surface area contributed by atoms with Crippen LogP contribution < -0.4 is 10.6 Å². The molecule has 4 N–H and O–H groups in total. The zero-order chi connectivity index (χ0) is 13.9. The number of hydrogen-bond acceptors (Lipinski definition) is 4. The zero-order valence-corrected chi connectivity index (χ0v) is 10.3. The summed E-state index contributed by atoms with van der Waals surface area (Å²) in [7, 11) is 1.64. The van der Waals surface area contributed by atoms with Gasteiger partial charge < -0.3 is 25.7 Å². The second-order valence-electron chi connectivity index (χ2n) is 4.51. The number of rotatable bonds is 4. The highest BCUT2D eigenvalue weighted by atomic mass is 16.4. The van der Waals surface area contributed by atoms with E-state index >= 15 is 0 Å². The van der Waals surface area contributed by atoms with Crippen LogP contribution in [-0.2, 0) is 9.59 Å². The van der Waals surface area contributed by atoms with E-state index in [1.165, 1.54) is 4.90 Å². The van der Waals surface area contributed by atoms with Crippen molar-refractivity contribution in [1.29, 1.82) is 0 Å². The molecule has 1 saturated heterocycles. The molecule has 0 aromatic heterocycles. The van der Waals surface area contributed by atoms with E-state index in [1.807, 2.05) is 0 Å². The van der Waals surface area contributed by atoms with Gasteiger partial charge in [-0.15, -0.1) is 0 Å². The number of nitrogens with one attached hydrogen (secondary N) is 2. The molecule has 0 aliphatic carbocycles. The average molecular weight is 259 g/mol. The number of carboxylic acids is 1. The Morgan fingerprint density at radius 1 is 1.56 bits per heavy atom. The minimum absolute atomic E-state index is 0.185. The third-order valence-corrected chi connectivity index (χ3v) is 2.79. The van der Waals surface area contributed by atoms with Crippen molar-refractivity contribution in [2.75, 3.05) is 20.1 Å². The molecular formula is C10H17N3O5. The smallest absolute Gasteiger partial charge is 0.337 e. The van der Waals surface area contributed by atoms with E-state index in [2.05, 4.69) is 10.6 Å². The lowest BCUT2D eigenvalue weighted by atomic mass is 10.1. The molecule has 1 aliphatic rings.